The molecule has 0 bridgehead atoms. The number of benzene rings is 1. The molecule has 1 aromatic carbocycles. The molecule has 0 heterocycles. The lowest BCUT2D eigenvalue weighted by molar-refractivity contribution is 0.436. The Hall–Kier alpha value is 0.0700. The van der Waals surface area contributed by atoms with Gasteiger partial charge in [-0.1, -0.05) is 31.9 Å². The molecule has 1 aromatic rings. The normalized spacial score (nSPS) is 13.0. The van der Waals surface area contributed by atoms with Gasteiger partial charge in [0.05, 0.1) is 6.04 Å². The van der Waals surface area contributed by atoms with Crippen LogP contribution in [0.2, 0.25) is 0 Å². The van der Waals surface area contributed by atoms with Crippen LogP contribution in [-0.4, -0.2) is 6.67 Å². The molecular weight excluding hydrogens is 289 g/mol. The smallest absolute Gasteiger partial charge is 0.109 e. The first-order chi connectivity index (χ1) is 5.65. The zero-order valence-electron chi connectivity index (χ0n) is 6.23. The molecule has 66 valence electrons. The van der Waals surface area contributed by atoms with Gasteiger partial charge in [-0.05, 0) is 23.8 Å². The van der Waals surface area contributed by atoms with Crippen molar-refractivity contribution >= 4 is 31.9 Å². The van der Waals surface area contributed by atoms with Crippen molar-refractivity contribution in [1.82, 2.24) is 0 Å². The van der Waals surface area contributed by atoms with Crippen molar-refractivity contribution in [2.24, 2.45) is 5.73 Å². The van der Waals surface area contributed by atoms with Gasteiger partial charge >= 0.3 is 0 Å². The molecule has 0 aliphatic heterocycles. The third-order valence-electron chi connectivity index (χ3n) is 1.52. The maximum absolute atomic E-state index is 12.2. The summed E-state index contributed by atoms with van der Waals surface area (Å²) in [5.74, 6) is 0. The fourth-order valence-corrected chi connectivity index (χ4v) is 1.80. The van der Waals surface area contributed by atoms with E-state index < -0.39 is 12.7 Å². The fourth-order valence-electron chi connectivity index (χ4n) is 0.882. The number of hydrogen-bond donors (Lipinski definition) is 1. The highest BCUT2D eigenvalue weighted by Crippen LogP contribution is 2.25. The third-order valence-corrected chi connectivity index (χ3v) is 2.74. The lowest BCUT2D eigenvalue weighted by atomic mass is 10.1. The van der Waals surface area contributed by atoms with E-state index in [1.165, 1.54) is 0 Å². The van der Waals surface area contributed by atoms with Crippen molar-refractivity contribution in [1.29, 1.82) is 0 Å². The number of nitrogens with two attached hydrogens (primary N) is 1. The van der Waals surface area contributed by atoms with Crippen molar-refractivity contribution in [3.05, 3.63) is 32.7 Å². The minimum Gasteiger partial charge on any atom is -0.322 e. The Labute approximate surface area is 87.4 Å². The first-order valence-electron chi connectivity index (χ1n) is 3.41. The van der Waals surface area contributed by atoms with Crippen LogP contribution in [0.25, 0.3) is 0 Å². The molecule has 12 heavy (non-hydrogen) atoms. The molecule has 1 nitrogen and oxygen atoms in total. The zero-order chi connectivity index (χ0) is 9.14. The van der Waals surface area contributed by atoms with E-state index in [2.05, 4.69) is 31.9 Å². The number of hydrogen-bond acceptors (Lipinski definition) is 1. The van der Waals surface area contributed by atoms with Gasteiger partial charge in [-0.2, -0.15) is 0 Å². The molecule has 4 heteroatoms. The summed E-state index contributed by atoms with van der Waals surface area (Å²) in [5, 5.41) is 0. The molecule has 0 unspecified atom stereocenters. The lowest BCUT2D eigenvalue weighted by Gasteiger charge is -2.09. The topological polar surface area (TPSA) is 26.0 Å². The van der Waals surface area contributed by atoms with Crippen molar-refractivity contribution in [3.8, 4) is 0 Å². The summed E-state index contributed by atoms with van der Waals surface area (Å²) in [4.78, 5) is 0. The summed E-state index contributed by atoms with van der Waals surface area (Å²) in [6.45, 7) is -0.547. The molecule has 0 saturated carbocycles. The van der Waals surface area contributed by atoms with Gasteiger partial charge in [0.25, 0.3) is 0 Å². The summed E-state index contributed by atoms with van der Waals surface area (Å²) in [5.41, 5.74) is 6.32. The van der Waals surface area contributed by atoms with Crippen LogP contribution in [0.1, 0.15) is 11.6 Å². The van der Waals surface area contributed by atoms with E-state index in [1.807, 2.05) is 18.2 Å². The molecule has 0 radical (unpaired) electrons. The quantitative estimate of drug-likeness (QED) is 0.891. The van der Waals surface area contributed by atoms with Gasteiger partial charge in [0, 0.05) is 8.95 Å². The van der Waals surface area contributed by atoms with E-state index in [0.29, 0.717) is 0 Å². The molecule has 0 aliphatic rings. The first kappa shape index (κ1) is 10.2. The predicted molar refractivity (Wildman–Crippen MR) is 54.7 cm³/mol. The van der Waals surface area contributed by atoms with Gasteiger partial charge in [0.1, 0.15) is 6.67 Å². The molecule has 0 saturated heterocycles. The summed E-state index contributed by atoms with van der Waals surface area (Å²) in [6.07, 6.45) is 0. The van der Waals surface area contributed by atoms with Gasteiger partial charge in [-0.15, -0.1) is 0 Å². The maximum Gasteiger partial charge on any atom is 0.109 e. The highest BCUT2D eigenvalue weighted by Gasteiger charge is 2.09. The summed E-state index contributed by atoms with van der Waals surface area (Å²) >= 11 is 6.60. The fraction of sp³-hybridized carbons (Fsp3) is 0.250. The standard InChI is InChI=1S/C8H8Br2FN/c9-5-1-2-7(10)6(3-5)8(12)4-11/h1-3,8H,4,12H2/t8-/m0/s1. The zero-order valence-corrected chi connectivity index (χ0v) is 9.40. The summed E-state index contributed by atoms with van der Waals surface area (Å²) < 4.78 is 14.0. The van der Waals surface area contributed by atoms with Gasteiger partial charge in [0.15, 0.2) is 0 Å². The average Bonchev–Trinajstić information content (AvgIpc) is 2.08. The Morgan fingerprint density at radius 2 is 2.08 bits per heavy atom. The third kappa shape index (κ3) is 2.28. The molecule has 1 atom stereocenters. The maximum atomic E-state index is 12.2. The number of halogens is 3. The van der Waals surface area contributed by atoms with Crippen LogP contribution in [0.15, 0.2) is 27.1 Å². The van der Waals surface area contributed by atoms with Crippen LogP contribution in [0.5, 0.6) is 0 Å². The molecule has 0 amide bonds. The van der Waals surface area contributed by atoms with Gasteiger partial charge < -0.3 is 5.73 Å². The van der Waals surface area contributed by atoms with Crippen LogP contribution in [0.3, 0.4) is 0 Å². The van der Waals surface area contributed by atoms with Gasteiger partial charge in [-0.25, -0.2) is 4.39 Å². The van der Waals surface area contributed by atoms with Crippen LogP contribution >= 0.6 is 31.9 Å². The first-order valence-corrected chi connectivity index (χ1v) is 5.00. The highest BCUT2D eigenvalue weighted by molar-refractivity contribution is 9.11. The second-order valence-corrected chi connectivity index (χ2v) is 4.20. The van der Waals surface area contributed by atoms with Crippen molar-refractivity contribution < 1.29 is 4.39 Å². The SMILES string of the molecule is N[C@@H](CF)c1cc(Br)ccc1Br. The van der Waals surface area contributed by atoms with E-state index in [9.17, 15) is 4.39 Å². The second kappa shape index (κ2) is 4.35. The summed E-state index contributed by atoms with van der Waals surface area (Å²) in [7, 11) is 0. The highest BCUT2D eigenvalue weighted by atomic mass is 79.9. The van der Waals surface area contributed by atoms with Crippen molar-refractivity contribution in [2.45, 2.75) is 6.04 Å². The molecule has 0 spiro atoms. The van der Waals surface area contributed by atoms with Gasteiger partial charge in [-0.3, -0.25) is 0 Å². The minimum atomic E-state index is -0.547. The Morgan fingerprint density at radius 3 is 2.67 bits per heavy atom. The molecule has 0 aromatic heterocycles. The van der Waals surface area contributed by atoms with Crippen LogP contribution < -0.4 is 5.73 Å². The Balaban J connectivity index is 3.04. The number of alkyl halides is 1. The molecule has 0 aliphatic carbocycles. The molecule has 0 fully saturated rings. The monoisotopic (exact) mass is 295 g/mol. The van der Waals surface area contributed by atoms with Crippen LogP contribution in [0, 0.1) is 0 Å². The Kier molecular flexibility index (Phi) is 3.68. The van der Waals surface area contributed by atoms with Crippen LogP contribution in [0.4, 0.5) is 4.39 Å². The van der Waals surface area contributed by atoms with Crippen molar-refractivity contribution in [2.75, 3.05) is 6.67 Å². The lowest BCUT2D eigenvalue weighted by Crippen LogP contribution is -2.12. The minimum absolute atomic E-state index is 0.545. The second-order valence-electron chi connectivity index (χ2n) is 2.43. The Morgan fingerprint density at radius 1 is 1.42 bits per heavy atom. The van der Waals surface area contributed by atoms with E-state index in [-0.39, 0.29) is 0 Å². The van der Waals surface area contributed by atoms with E-state index >= 15 is 0 Å². The average molecular weight is 297 g/mol. The van der Waals surface area contributed by atoms with Crippen LogP contribution in [-0.2, 0) is 0 Å². The van der Waals surface area contributed by atoms with E-state index in [1.54, 1.807) is 0 Å². The summed E-state index contributed by atoms with van der Waals surface area (Å²) in [6, 6.07) is 4.99. The largest absolute Gasteiger partial charge is 0.322 e. The van der Waals surface area contributed by atoms with E-state index in [4.69, 9.17) is 5.73 Å². The number of rotatable bonds is 2. The molecule has 2 N–H and O–H groups in total. The molecular formula is C8H8Br2FN. The van der Waals surface area contributed by atoms with Gasteiger partial charge in [0.2, 0.25) is 0 Å². The van der Waals surface area contributed by atoms with E-state index in [0.717, 1.165) is 14.5 Å². The Bertz CT molecular complexity index is 278. The van der Waals surface area contributed by atoms with Crippen molar-refractivity contribution in [3.63, 3.8) is 0 Å². The predicted octanol–water partition coefficient (Wildman–Crippen LogP) is 3.18. The molecule has 1 rings (SSSR count).